The summed E-state index contributed by atoms with van der Waals surface area (Å²) < 4.78 is 6.86. The largest absolute Gasteiger partial charge is 0.339 e. The number of hydrogen-bond donors (Lipinski definition) is 0. The highest BCUT2D eigenvalue weighted by atomic mass is 16.5. The first-order valence-electron chi connectivity index (χ1n) is 9.07. The van der Waals surface area contributed by atoms with Crippen LogP contribution in [-0.4, -0.2) is 48.2 Å². The van der Waals surface area contributed by atoms with Gasteiger partial charge in [-0.05, 0) is 28.8 Å². The van der Waals surface area contributed by atoms with Crippen LogP contribution < -0.4 is 0 Å². The second-order valence-corrected chi connectivity index (χ2v) is 6.83. The van der Waals surface area contributed by atoms with Crippen molar-refractivity contribution < 1.29 is 9.32 Å². The Morgan fingerprint density at radius 1 is 1.30 bits per heavy atom. The first-order chi connectivity index (χ1) is 13.2. The Morgan fingerprint density at radius 3 is 2.78 bits per heavy atom. The minimum Gasteiger partial charge on any atom is -0.339 e. The van der Waals surface area contributed by atoms with Gasteiger partial charge in [-0.25, -0.2) is 4.68 Å². The third-order valence-electron chi connectivity index (χ3n) is 4.92. The lowest BCUT2D eigenvalue weighted by Gasteiger charge is -2.22. The predicted molar refractivity (Wildman–Crippen MR) is 94.4 cm³/mol. The molecule has 0 unspecified atom stereocenters. The zero-order valence-corrected chi connectivity index (χ0v) is 15.1. The summed E-state index contributed by atoms with van der Waals surface area (Å²) in [5.41, 5.74) is 0.807. The number of hydrogen-bond acceptors (Lipinski definition) is 7. The summed E-state index contributed by atoms with van der Waals surface area (Å²) in [5.74, 6) is 1.39. The molecule has 0 aliphatic heterocycles. The summed E-state index contributed by atoms with van der Waals surface area (Å²) in [6.07, 6.45) is 6.02. The second kappa shape index (κ2) is 7.65. The van der Waals surface area contributed by atoms with Crippen LogP contribution in [0.25, 0.3) is 0 Å². The quantitative estimate of drug-likeness (QED) is 0.656. The van der Waals surface area contributed by atoms with Gasteiger partial charge in [-0.1, -0.05) is 48.3 Å². The van der Waals surface area contributed by atoms with Crippen molar-refractivity contribution in [3.63, 3.8) is 0 Å². The van der Waals surface area contributed by atoms with Crippen molar-refractivity contribution in [1.82, 2.24) is 35.2 Å². The molecule has 2 aromatic heterocycles. The van der Waals surface area contributed by atoms with Crippen molar-refractivity contribution in [2.45, 2.75) is 44.2 Å². The summed E-state index contributed by atoms with van der Waals surface area (Å²) in [6, 6.07) is 8.78. The molecule has 0 saturated heterocycles. The number of carbonyl (C=O) groups is 1. The fraction of sp³-hybridized carbons (Fsp3) is 0.444. The monoisotopic (exact) mass is 367 g/mol. The van der Waals surface area contributed by atoms with E-state index in [-0.39, 0.29) is 12.5 Å². The number of rotatable bonds is 6. The van der Waals surface area contributed by atoms with E-state index < -0.39 is 6.04 Å². The Labute approximate surface area is 156 Å². The van der Waals surface area contributed by atoms with Gasteiger partial charge in [0, 0.05) is 13.0 Å². The number of carbonyl (C=O) groups excluding carboxylic acids is 1. The van der Waals surface area contributed by atoms with Crippen LogP contribution in [0.3, 0.4) is 0 Å². The molecular weight excluding hydrogens is 346 g/mol. The van der Waals surface area contributed by atoms with Gasteiger partial charge in [-0.2, -0.15) is 4.98 Å². The highest BCUT2D eigenvalue weighted by Gasteiger charge is 2.28. The van der Waals surface area contributed by atoms with Gasteiger partial charge in [0.15, 0.2) is 11.9 Å². The first-order valence-corrected chi connectivity index (χ1v) is 9.07. The van der Waals surface area contributed by atoms with Crippen LogP contribution in [0.15, 0.2) is 41.2 Å². The number of likely N-dealkylation sites (N-methyl/N-ethyl adjacent to an activating group) is 1. The SMILES string of the molecule is CN(Cc1noc(C2CCCC2)n1)C(=O)[C@@H](c1ccccc1)n1cnnn1. The number of benzene rings is 1. The summed E-state index contributed by atoms with van der Waals surface area (Å²) in [4.78, 5) is 19.2. The van der Waals surface area contributed by atoms with Crippen LogP contribution in [0.5, 0.6) is 0 Å². The minimum atomic E-state index is -0.646. The average Bonchev–Trinajstić information content (AvgIpc) is 3.45. The topological polar surface area (TPSA) is 103 Å². The molecule has 1 atom stereocenters. The molecule has 0 N–H and O–H groups in total. The maximum absolute atomic E-state index is 13.1. The predicted octanol–water partition coefficient (Wildman–Crippen LogP) is 1.96. The molecule has 0 bridgehead atoms. The van der Waals surface area contributed by atoms with E-state index in [1.165, 1.54) is 23.9 Å². The standard InChI is InChI=1S/C18H21N7O2/c1-24(11-15-20-17(27-21-15)14-9-5-6-10-14)18(26)16(25-12-19-22-23-25)13-7-3-2-4-8-13/h2-4,7-8,12,14,16H,5-6,9-11H2,1H3/t16-/m1/s1. The molecule has 1 aliphatic rings. The van der Waals surface area contributed by atoms with Crippen molar-refractivity contribution in [3.05, 3.63) is 53.9 Å². The fourth-order valence-corrected chi connectivity index (χ4v) is 3.50. The molecule has 1 aromatic carbocycles. The fourth-order valence-electron chi connectivity index (χ4n) is 3.50. The molecule has 1 aliphatic carbocycles. The Balaban J connectivity index is 1.51. The van der Waals surface area contributed by atoms with Crippen LogP contribution in [-0.2, 0) is 11.3 Å². The highest BCUT2D eigenvalue weighted by Crippen LogP contribution is 2.33. The lowest BCUT2D eigenvalue weighted by Crippen LogP contribution is -2.35. The molecule has 140 valence electrons. The molecule has 0 radical (unpaired) electrons. The number of tetrazole rings is 1. The van der Waals surface area contributed by atoms with Gasteiger partial charge in [-0.3, -0.25) is 4.79 Å². The van der Waals surface area contributed by atoms with Crippen LogP contribution in [0, 0.1) is 0 Å². The van der Waals surface area contributed by atoms with Crippen molar-refractivity contribution in [3.8, 4) is 0 Å². The minimum absolute atomic E-state index is 0.152. The summed E-state index contributed by atoms with van der Waals surface area (Å²) in [7, 11) is 1.72. The van der Waals surface area contributed by atoms with E-state index in [0.29, 0.717) is 17.6 Å². The van der Waals surface area contributed by atoms with Crippen molar-refractivity contribution in [1.29, 1.82) is 0 Å². The van der Waals surface area contributed by atoms with Gasteiger partial charge in [0.05, 0.1) is 6.54 Å². The van der Waals surface area contributed by atoms with Crippen molar-refractivity contribution >= 4 is 5.91 Å². The summed E-state index contributed by atoms with van der Waals surface area (Å²) in [5, 5.41) is 15.3. The molecule has 9 nitrogen and oxygen atoms in total. The molecule has 27 heavy (non-hydrogen) atoms. The molecule has 3 aromatic rings. The first kappa shape index (κ1) is 17.3. The third-order valence-corrected chi connectivity index (χ3v) is 4.92. The van der Waals surface area contributed by atoms with Gasteiger partial charge < -0.3 is 9.42 Å². The van der Waals surface area contributed by atoms with E-state index in [2.05, 4.69) is 25.7 Å². The van der Waals surface area contributed by atoms with Crippen LogP contribution in [0.4, 0.5) is 0 Å². The summed E-state index contributed by atoms with van der Waals surface area (Å²) in [6.45, 7) is 0.264. The number of aromatic nitrogens is 6. The molecule has 2 heterocycles. The lowest BCUT2D eigenvalue weighted by atomic mass is 10.1. The average molecular weight is 367 g/mol. The highest BCUT2D eigenvalue weighted by molar-refractivity contribution is 5.83. The second-order valence-electron chi connectivity index (χ2n) is 6.83. The number of nitrogens with zero attached hydrogens (tertiary/aromatic N) is 7. The van der Waals surface area contributed by atoms with Gasteiger partial charge >= 0.3 is 0 Å². The van der Waals surface area contributed by atoms with E-state index in [9.17, 15) is 4.79 Å². The Kier molecular flexibility index (Phi) is 4.91. The molecule has 1 saturated carbocycles. The molecule has 0 spiro atoms. The smallest absolute Gasteiger partial charge is 0.252 e. The molecule has 1 amide bonds. The van der Waals surface area contributed by atoms with Gasteiger partial charge in [0.2, 0.25) is 5.89 Å². The maximum atomic E-state index is 13.1. The van der Waals surface area contributed by atoms with Gasteiger partial charge in [-0.15, -0.1) is 5.10 Å². The maximum Gasteiger partial charge on any atom is 0.252 e. The molecule has 1 fully saturated rings. The van der Waals surface area contributed by atoms with Crippen LogP contribution in [0.2, 0.25) is 0 Å². The molecule has 4 rings (SSSR count). The van der Waals surface area contributed by atoms with E-state index in [0.717, 1.165) is 18.4 Å². The Morgan fingerprint density at radius 2 is 2.07 bits per heavy atom. The molecule has 9 heteroatoms. The Hall–Kier alpha value is -3.10. The van der Waals surface area contributed by atoms with E-state index in [1.807, 2.05) is 30.3 Å². The van der Waals surface area contributed by atoms with E-state index >= 15 is 0 Å². The normalized spacial score (nSPS) is 15.7. The third kappa shape index (κ3) is 3.71. The summed E-state index contributed by atoms with van der Waals surface area (Å²) >= 11 is 0. The zero-order chi connectivity index (χ0) is 18.6. The lowest BCUT2D eigenvalue weighted by molar-refractivity contribution is -0.133. The molecular formula is C18H21N7O2. The van der Waals surface area contributed by atoms with Crippen molar-refractivity contribution in [2.24, 2.45) is 0 Å². The van der Waals surface area contributed by atoms with E-state index in [1.54, 1.807) is 11.9 Å². The van der Waals surface area contributed by atoms with Gasteiger partial charge in [0.1, 0.15) is 6.33 Å². The number of amides is 1. The Bertz CT molecular complexity index is 872. The van der Waals surface area contributed by atoms with Crippen molar-refractivity contribution in [2.75, 3.05) is 7.05 Å². The zero-order valence-electron chi connectivity index (χ0n) is 15.1. The van der Waals surface area contributed by atoms with Gasteiger partial charge in [0.25, 0.3) is 5.91 Å². The van der Waals surface area contributed by atoms with Crippen LogP contribution in [0.1, 0.15) is 54.9 Å². The van der Waals surface area contributed by atoms with E-state index in [4.69, 9.17) is 4.52 Å². The van der Waals surface area contributed by atoms with Crippen LogP contribution >= 0.6 is 0 Å².